The van der Waals surface area contributed by atoms with Crippen LogP contribution >= 0.6 is 0 Å². The van der Waals surface area contributed by atoms with Crippen LogP contribution in [0.25, 0.3) is 0 Å². The third-order valence-corrected chi connectivity index (χ3v) is 4.29. The summed E-state index contributed by atoms with van der Waals surface area (Å²) in [6, 6.07) is 7.13. The van der Waals surface area contributed by atoms with Crippen molar-refractivity contribution in [3.8, 4) is 0 Å². The maximum atomic E-state index is 4.44. The molecule has 1 aliphatic rings. The topological polar surface area (TPSA) is 24.9 Å². The van der Waals surface area contributed by atoms with Crippen LogP contribution in [-0.4, -0.2) is 11.0 Å². The number of hydrogen-bond donors (Lipinski definition) is 1. The van der Waals surface area contributed by atoms with Crippen LogP contribution in [-0.2, 0) is 0 Å². The molecule has 2 heteroatoms. The zero-order valence-corrected chi connectivity index (χ0v) is 12.1. The summed E-state index contributed by atoms with van der Waals surface area (Å²) in [6.07, 6.45) is 5.80. The molecule has 3 atom stereocenters. The van der Waals surface area contributed by atoms with Crippen molar-refractivity contribution in [3.05, 3.63) is 30.1 Å². The van der Waals surface area contributed by atoms with E-state index in [1.54, 1.807) is 0 Å². The second-order valence-corrected chi connectivity index (χ2v) is 6.63. The van der Waals surface area contributed by atoms with Gasteiger partial charge in [-0.1, -0.05) is 26.8 Å². The summed E-state index contributed by atoms with van der Waals surface area (Å²) in [6.45, 7) is 9.38. The van der Waals surface area contributed by atoms with Gasteiger partial charge in [0.05, 0.1) is 5.69 Å². The summed E-state index contributed by atoms with van der Waals surface area (Å²) >= 11 is 0. The fourth-order valence-corrected chi connectivity index (χ4v) is 3.23. The summed E-state index contributed by atoms with van der Waals surface area (Å²) in [7, 11) is 0. The summed E-state index contributed by atoms with van der Waals surface area (Å²) in [5.41, 5.74) is 1.67. The zero-order valence-electron chi connectivity index (χ0n) is 12.1. The highest BCUT2D eigenvalue weighted by molar-refractivity contribution is 5.08. The van der Waals surface area contributed by atoms with Gasteiger partial charge in [-0.05, 0) is 49.7 Å². The number of nitrogens with zero attached hydrogens (tertiary/aromatic N) is 1. The first-order valence-electron chi connectivity index (χ1n) is 7.15. The predicted molar refractivity (Wildman–Crippen MR) is 76.4 cm³/mol. The highest BCUT2D eigenvalue weighted by atomic mass is 15.0. The third kappa shape index (κ3) is 3.32. The molecule has 0 aromatic carbocycles. The van der Waals surface area contributed by atoms with Gasteiger partial charge in [0, 0.05) is 18.3 Å². The highest BCUT2D eigenvalue weighted by Crippen LogP contribution is 2.39. The first-order chi connectivity index (χ1) is 8.48. The molecule has 1 aliphatic carbocycles. The van der Waals surface area contributed by atoms with Crippen LogP contribution < -0.4 is 5.32 Å². The van der Waals surface area contributed by atoms with E-state index in [1.165, 1.54) is 19.3 Å². The Morgan fingerprint density at radius 1 is 1.39 bits per heavy atom. The molecule has 1 aromatic rings. The number of aromatic nitrogens is 1. The molecule has 1 N–H and O–H groups in total. The van der Waals surface area contributed by atoms with Gasteiger partial charge in [0.25, 0.3) is 0 Å². The van der Waals surface area contributed by atoms with Gasteiger partial charge in [-0.15, -0.1) is 0 Å². The summed E-state index contributed by atoms with van der Waals surface area (Å²) < 4.78 is 0. The molecule has 0 spiro atoms. The first-order valence-corrected chi connectivity index (χ1v) is 7.15. The van der Waals surface area contributed by atoms with E-state index in [1.807, 2.05) is 12.3 Å². The second-order valence-electron chi connectivity index (χ2n) is 6.63. The molecule has 1 aromatic heterocycles. The van der Waals surface area contributed by atoms with Crippen molar-refractivity contribution in [2.75, 3.05) is 0 Å². The Balaban J connectivity index is 1.94. The molecule has 18 heavy (non-hydrogen) atoms. The van der Waals surface area contributed by atoms with Crippen LogP contribution in [0.1, 0.15) is 58.7 Å². The van der Waals surface area contributed by atoms with E-state index < -0.39 is 0 Å². The Morgan fingerprint density at radius 2 is 2.17 bits per heavy atom. The SMILES string of the molecule is CC1CC(C)(C)CCC1N[C@H](C)c1ccccn1. The monoisotopic (exact) mass is 246 g/mol. The van der Waals surface area contributed by atoms with Gasteiger partial charge in [-0.25, -0.2) is 0 Å². The molecule has 0 aliphatic heterocycles. The van der Waals surface area contributed by atoms with Gasteiger partial charge in [0.15, 0.2) is 0 Å². The molecule has 2 rings (SSSR count). The maximum Gasteiger partial charge on any atom is 0.0570 e. The van der Waals surface area contributed by atoms with E-state index >= 15 is 0 Å². The molecule has 0 bridgehead atoms. The van der Waals surface area contributed by atoms with Crippen molar-refractivity contribution in [3.63, 3.8) is 0 Å². The number of rotatable bonds is 3. The molecular weight excluding hydrogens is 220 g/mol. The average Bonchev–Trinajstić information content (AvgIpc) is 2.33. The third-order valence-electron chi connectivity index (χ3n) is 4.29. The Morgan fingerprint density at radius 3 is 2.78 bits per heavy atom. The minimum Gasteiger partial charge on any atom is -0.306 e. The lowest BCUT2D eigenvalue weighted by Gasteiger charge is -2.40. The quantitative estimate of drug-likeness (QED) is 0.873. The molecule has 100 valence electrons. The Bertz CT molecular complexity index is 372. The predicted octanol–water partition coefficient (Wildman–Crippen LogP) is 3.95. The minimum absolute atomic E-state index is 0.347. The van der Waals surface area contributed by atoms with Gasteiger partial charge < -0.3 is 5.32 Å². The van der Waals surface area contributed by atoms with Crippen LogP contribution in [0.2, 0.25) is 0 Å². The Labute approximate surface area is 111 Å². The van der Waals surface area contributed by atoms with E-state index in [2.05, 4.69) is 50.1 Å². The summed E-state index contributed by atoms with van der Waals surface area (Å²) in [4.78, 5) is 4.44. The van der Waals surface area contributed by atoms with Crippen LogP contribution in [0.15, 0.2) is 24.4 Å². The van der Waals surface area contributed by atoms with Gasteiger partial charge in [0.1, 0.15) is 0 Å². The van der Waals surface area contributed by atoms with Gasteiger partial charge in [0.2, 0.25) is 0 Å². The molecule has 0 amide bonds. The van der Waals surface area contributed by atoms with Crippen molar-refractivity contribution in [2.45, 2.75) is 59.0 Å². The van der Waals surface area contributed by atoms with Crippen LogP contribution in [0.5, 0.6) is 0 Å². The molecule has 2 nitrogen and oxygen atoms in total. The summed E-state index contributed by atoms with van der Waals surface area (Å²) in [5, 5.41) is 3.76. The van der Waals surface area contributed by atoms with Crippen molar-refractivity contribution < 1.29 is 0 Å². The molecule has 0 radical (unpaired) electrons. The Hall–Kier alpha value is -0.890. The normalized spacial score (nSPS) is 28.9. The lowest BCUT2D eigenvalue weighted by Crippen LogP contribution is -2.42. The highest BCUT2D eigenvalue weighted by Gasteiger charge is 2.32. The molecule has 0 saturated heterocycles. The van der Waals surface area contributed by atoms with E-state index in [0.717, 1.165) is 11.6 Å². The molecular formula is C16H26N2. The second kappa shape index (κ2) is 5.40. The van der Waals surface area contributed by atoms with Crippen LogP contribution in [0.4, 0.5) is 0 Å². The zero-order chi connectivity index (χ0) is 13.2. The Kier molecular flexibility index (Phi) is 4.06. The minimum atomic E-state index is 0.347. The van der Waals surface area contributed by atoms with Crippen LogP contribution in [0, 0.1) is 11.3 Å². The van der Waals surface area contributed by atoms with Gasteiger partial charge >= 0.3 is 0 Å². The maximum absolute atomic E-state index is 4.44. The molecule has 2 unspecified atom stereocenters. The molecule has 1 fully saturated rings. The van der Waals surface area contributed by atoms with E-state index in [4.69, 9.17) is 0 Å². The van der Waals surface area contributed by atoms with Gasteiger partial charge in [-0.3, -0.25) is 4.98 Å². The van der Waals surface area contributed by atoms with Crippen molar-refractivity contribution in [1.29, 1.82) is 0 Å². The summed E-state index contributed by atoms with van der Waals surface area (Å²) in [5.74, 6) is 0.750. The van der Waals surface area contributed by atoms with Crippen molar-refractivity contribution >= 4 is 0 Å². The molecule has 1 saturated carbocycles. The fourth-order valence-electron chi connectivity index (χ4n) is 3.23. The average molecular weight is 246 g/mol. The number of nitrogens with one attached hydrogen (secondary N) is 1. The van der Waals surface area contributed by atoms with Crippen LogP contribution in [0.3, 0.4) is 0 Å². The smallest absolute Gasteiger partial charge is 0.0570 e. The van der Waals surface area contributed by atoms with E-state index in [-0.39, 0.29) is 0 Å². The standard InChI is InChI=1S/C16H26N2/c1-12-11-16(3,4)9-8-14(12)18-13(2)15-7-5-6-10-17-15/h5-7,10,12-14,18H,8-9,11H2,1-4H3/t12?,13-,14?/m1/s1. The van der Waals surface area contributed by atoms with E-state index in [0.29, 0.717) is 17.5 Å². The lowest BCUT2D eigenvalue weighted by molar-refractivity contribution is 0.142. The van der Waals surface area contributed by atoms with Crippen molar-refractivity contribution in [1.82, 2.24) is 10.3 Å². The van der Waals surface area contributed by atoms with Crippen molar-refractivity contribution in [2.24, 2.45) is 11.3 Å². The largest absolute Gasteiger partial charge is 0.306 e. The fraction of sp³-hybridized carbons (Fsp3) is 0.688. The number of pyridine rings is 1. The van der Waals surface area contributed by atoms with Gasteiger partial charge in [-0.2, -0.15) is 0 Å². The lowest BCUT2D eigenvalue weighted by atomic mass is 9.70. The first kappa shape index (κ1) is 13.5. The number of hydrogen-bond acceptors (Lipinski definition) is 2. The molecule has 1 heterocycles. The van der Waals surface area contributed by atoms with E-state index in [9.17, 15) is 0 Å².